The number of aromatic nitrogens is 4. The summed E-state index contributed by atoms with van der Waals surface area (Å²) < 4.78 is 1.77. The molecule has 1 saturated heterocycles. The zero-order valence-electron chi connectivity index (χ0n) is 13.1. The molecule has 1 unspecified atom stereocenters. The molecule has 2 aromatic rings. The molecule has 1 aliphatic rings. The van der Waals surface area contributed by atoms with E-state index < -0.39 is 0 Å². The van der Waals surface area contributed by atoms with Crippen LogP contribution in [-0.2, 0) is 18.3 Å². The topological polar surface area (TPSA) is 63.9 Å². The molecule has 3 heterocycles. The van der Waals surface area contributed by atoms with E-state index in [1.165, 1.54) is 0 Å². The van der Waals surface area contributed by atoms with Crippen molar-refractivity contribution in [3.8, 4) is 11.3 Å². The molecule has 1 fully saturated rings. The third kappa shape index (κ3) is 3.16. The van der Waals surface area contributed by atoms with Crippen LogP contribution < -0.4 is 0 Å². The smallest absolute Gasteiger partial charge is 0.219 e. The van der Waals surface area contributed by atoms with E-state index in [0.717, 1.165) is 49.3 Å². The Hall–Kier alpha value is -2.24. The number of amides is 1. The van der Waals surface area contributed by atoms with E-state index in [9.17, 15) is 4.79 Å². The van der Waals surface area contributed by atoms with Gasteiger partial charge in [-0.05, 0) is 25.2 Å². The SMILES string of the molecule is CC(=O)N1CCCC(Cc2nccnc2-c2cnn(C)c2)C1. The highest BCUT2D eigenvalue weighted by Crippen LogP contribution is 2.25. The molecule has 0 spiro atoms. The lowest BCUT2D eigenvalue weighted by molar-refractivity contribution is -0.130. The highest BCUT2D eigenvalue weighted by atomic mass is 16.2. The summed E-state index contributed by atoms with van der Waals surface area (Å²) in [5, 5.41) is 4.21. The molecule has 0 N–H and O–H groups in total. The minimum Gasteiger partial charge on any atom is -0.343 e. The average Bonchev–Trinajstić information content (AvgIpc) is 2.94. The van der Waals surface area contributed by atoms with Crippen molar-refractivity contribution in [1.29, 1.82) is 0 Å². The molecule has 0 radical (unpaired) electrons. The lowest BCUT2D eigenvalue weighted by atomic mass is 9.92. The summed E-state index contributed by atoms with van der Waals surface area (Å²) in [5.41, 5.74) is 2.88. The predicted octanol–water partition coefficient (Wildman–Crippen LogP) is 1.68. The maximum absolute atomic E-state index is 11.6. The van der Waals surface area contributed by atoms with Gasteiger partial charge in [0.2, 0.25) is 5.91 Å². The normalized spacial score (nSPS) is 18.5. The van der Waals surface area contributed by atoms with Gasteiger partial charge in [0.1, 0.15) is 0 Å². The van der Waals surface area contributed by atoms with Gasteiger partial charge in [-0.3, -0.25) is 19.4 Å². The first-order valence-corrected chi connectivity index (χ1v) is 7.68. The molecule has 0 saturated carbocycles. The monoisotopic (exact) mass is 299 g/mol. The van der Waals surface area contributed by atoms with Crippen LogP contribution in [0.2, 0.25) is 0 Å². The van der Waals surface area contributed by atoms with Gasteiger partial charge < -0.3 is 4.90 Å². The molecular formula is C16H21N5O. The summed E-state index contributed by atoms with van der Waals surface area (Å²) in [4.78, 5) is 22.5. The Morgan fingerprint density at radius 3 is 2.91 bits per heavy atom. The highest BCUT2D eigenvalue weighted by Gasteiger charge is 2.23. The molecule has 0 bridgehead atoms. The number of carbonyl (C=O) groups excluding carboxylic acids is 1. The van der Waals surface area contributed by atoms with Gasteiger partial charge >= 0.3 is 0 Å². The Kier molecular flexibility index (Phi) is 4.18. The minimum atomic E-state index is 0.163. The van der Waals surface area contributed by atoms with E-state index in [2.05, 4.69) is 15.1 Å². The summed E-state index contributed by atoms with van der Waals surface area (Å²) in [5.74, 6) is 0.612. The van der Waals surface area contributed by atoms with E-state index >= 15 is 0 Å². The Bertz CT molecular complexity index is 666. The van der Waals surface area contributed by atoms with E-state index in [-0.39, 0.29) is 5.91 Å². The van der Waals surface area contributed by atoms with Crippen molar-refractivity contribution >= 4 is 5.91 Å². The fourth-order valence-corrected chi connectivity index (χ4v) is 3.09. The summed E-state index contributed by atoms with van der Waals surface area (Å²) in [6, 6.07) is 0. The molecule has 116 valence electrons. The van der Waals surface area contributed by atoms with Crippen LogP contribution in [0.4, 0.5) is 0 Å². The maximum atomic E-state index is 11.6. The van der Waals surface area contributed by atoms with E-state index in [1.54, 1.807) is 24.0 Å². The second-order valence-corrected chi connectivity index (χ2v) is 5.93. The minimum absolute atomic E-state index is 0.163. The van der Waals surface area contributed by atoms with Crippen LogP contribution in [0.25, 0.3) is 11.3 Å². The number of rotatable bonds is 3. The van der Waals surface area contributed by atoms with Gasteiger partial charge in [0.25, 0.3) is 0 Å². The van der Waals surface area contributed by atoms with Crippen molar-refractivity contribution in [2.45, 2.75) is 26.2 Å². The van der Waals surface area contributed by atoms with Gasteiger partial charge in [-0.25, -0.2) is 0 Å². The first-order chi connectivity index (χ1) is 10.6. The summed E-state index contributed by atoms with van der Waals surface area (Å²) >= 11 is 0. The summed E-state index contributed by atoms with van der Waals surface area (Å²) in [7, 11) is 1.89. The van der Waals surface area contributed by atoms with Crippen molar-refractivity contribution in [3.05, 3.63) is 30.5 Å². The second-order valence-electron chi connectivity index (χ2n) is 5.93. The van der Waals surface area contributed by atoms with Gasteiger partial charge in [-0.15, -0.1) is 0 Å². The van der Waals surface area contributed by atoms with Crippen molar-refractivity contribution in [3.63, 3.8) is 0 Å². The van der Waals surface area contributed by atoms with Crippen molar-refractivity contribution < 1.29 is 4.79 Å². The molecule has 3 rings (SSSR count). The largest absolute Gasteiger partial charge is 0.343 e. The third-order valence-electron chi connectivity index (χ3n) is 4.20. The number of likely N-dealkylation sites (tertiary alicyclic amines) is 1. The first-order valence-electron chi connectivity index (χ1n) is 7.68. The summed E-state index contributed by atoms with van der Waals surface area (Å²) in [6.45, 7) is 3.34. The van der Waals surface area contributed by atoms with Crippen LogP contribution in [0.15, 0.2) is 24.8 Å². The standard InChI is InChI=1S/C16H21N5O/c1-12(22)21-7-3-4-13(10-21)8-15-16(18-6-5-17-15)14-9-19-20(2)11-14/h5-6,9,11,13H,3-4,7-8,10H2,1-2H3. The summed E-state index contributed by atoms with van der Waals surface area (Å²) in [6.07, 6.45) is 10.3. The molecule has 0 aromatic carbocycles. The lowest BCUT2D eigenvalue weighted by Crippen LogP contribution is -2.39. The molecular weight excluding hydrogens is 278 g/mol. The molecule has 22 heavy (non-hydrogen) atoms. The van der Waals surface area contributed by atoms with Crippen molar-refractivity contribution in [2.75, 3.05) is 13.1 Å². The van der Waals surface area contributed by atoms with Gasteiger partial charge in [0, 0.05) is 51.2 Å². The van der Waals surface area contributed by atoms with Crippen LogP contribution in [-0.4, -0.2) is 43.6 Å². The quantitative estimate of drug-likeness (QED) is 0.865. The van der Waals surface area contributed by atoms with E-state index in [4.69, 9.17) is 0 Å². The van der Waals surface area contributed by atoms with E-state index in [1.807, 2.05) is 24.3 Å². The van der Waals surface area contributed by atoms with Crippen molar-refractivity contribution in [2.24, 2.45) is 13.0 Å². The molecule has 6 nitrogen and oxygen atoms in total. The first kappa shape index (κ1) is 14.7. The highest BCUT2D eigenvalue weighted by molar-refractivity contribution is 5.73. The molecule has 1 atom stereocenters. The fraction of sp³-hybridized carbons (Fsp3) is 0.500. The fourth-order valence-electron chi connectivity index (χ4n) is 3.09. The van der Waals surface area contributed by atoms with Crippen molar-refractivity contribution in [1.82, 2.24) is 24.6 Å². The molecule has 2 aromatic heterocycles. The lowest BCUT2D eigenvalue weighted by Gasteiger charge is -2.32. The van der Waals surface area contributed by atoms with Gasteiger partial charge in [-0.1, -0.05) is 0 Å². The number of nitrogens with zero attached hydrogens (tertiary/aromatic N) is 5. The zero-order chi connectivity index (χ0) is 15.5. The molecule has 1 amide bonds. The van der Waals surface area contributed by atoms with Crippen LogP contribution in [0.1, 0.15) is 25.5 Å². The number of piperidine rings is 1. The maximum Gasteiger partial charge on any atom is 0.219 e. The number of hydrogen-bond donors (Lipinski definition) is 0. The Morgan fingerprint density at radius 2 is 2.18 bits per heavy atom. The Morgan fingerprint density at radius 1 is 1.36 bits per heavy atom. The third-order valence-corrected chi connectivity index (χ3v) is 4.20. The number of carbonyl (C=O) groups is 1. The average molecular weight is 299 g/mol. The Balaban J connectivity index is 1.79. The predicted molar refractivity (Wildman–Crippen MR) is 82.9 cm³/mol. The molecule has 1 aliphatic heterocycles. The number of hydrogen-bond acceptors (Lipinski definition) is 4. The van der Waals surface area contributed by atoms with Gasteiger partial charge in [0.15, 0.2) is 0 Å². The van der Waals surface area contributed by atoms with Crippen LogP contribution >= 0.6 is 0 Å². The zero-order valence-corrected chi connectivity index (χ0v) is 13.1. The molecule has 6 heteroatoms. The second kappa shape index (κ2) is 6.25. The van der Waals surface area contributed by atoms with Crippen LogP contribution in [0.3, 0.4) is 0 Å². The van der Waals surface area contributed by atoms with Gasteiger partial charge in [-0.2, -0.15) is 5.10 Å². The van der Waals surface area contributed by atoms with E-state index in [0.29, 0.717) is 5.92 Å². The van der Waals surface area contributed by atoms with Crippen LogP contribution in [0.5, 0.6) is 0 Å². The van der Waals surface area contributed by atoms with Gasteiger partial charge in [0.05, 0.1) is 17.6 Å². The van der Waals surface area contributed by atoms with Crippen LogP contribution in [0, 0.1) is 5.92 Å². The number of aryl methyl sites for hydroxylation is 1. The molecule has 0 aliphatic carbocycles. The Labute approximate surface area is 130 Å².